The molecule has 6 nitrogen and oxygen atoms in total. The maximum absolute atomic E-state index is 11.8. The third kappa shape index (κ3) is 4.52. The van der Waals surface area contributed by atoms with E-state index in [0.717, 1.165) is 6.42 Å². The summed E-state index contributed by atoms with van der Waals surface area (Å²) in [7, 11) is 1.31. The molecule has 1 rings (SSSR count). The first-order valence-corrected chi connectivity index (χ1v) is 5.97. The van der Waals surface area contributed by atoms with Crippen LogP contribution in [-0.4, -0.2) is 55.5 Å². The Bertz CT molecular complexity index is 310. The minimum Gasteiger partial charge on any atom is -0.467 e. The lowest BCUT2D eigenvalue weighted by molar-refractivity contribution is -0.146. The number of ether oxygens (including phenoxy) is 3. The number of amides is 1. The second-order valence-electron chi connectivity index (χ2n) is 5.21. The average molecular weight is 259 g/mol. The molecular formula is C12H21NO5. The number of rotatable bonds is 4. The van der Waals surface area contributed by atoms with E-state index in [0.29, 0.717) is 13.2 Å². The van der Waals surface area contributed by atoms with E-state index < -0.39 is 11.6 Å². The molecule has 1 unspecified atom stereocenters. The van der Waals surface area contributed by atoms with Crippen molar-refractivity contribution in [2.45, 2.75) is 38.8 Å². The van der Waals surface area contributed by atoms with Crippen LogP contribution in [0.15, 0.2) is 0 Å². The summed E-state index contributed by atoms with van der Waals surface area (Å²) < 4.78 is 14.9. The van der Waals surface area contributed by atoms with Gasteiger partial charge >= 0.3 is 12.1 Å². The Hall–Kier alpha value is -1.30. The summed E-state index contributed by atoms with van der Waals surface area (Å²) >= 11 is 0. The molecule has 1 saturated heterocycles. The molecule has 0 bridgehead atoms. The van der Waals surface area contributed by atoms with Crippen molar-refractivity contribution in [1.29, 1.82) is 0 Å². The highest BCUT2D eigenvalue weighted by atomic mass is 16.6. The molecule has 0 aromatic carbocycles. The second kappa shape index (κ2) is 6.04. The molecule has 6 heteroatoms. The van der Waals surface area contributed by atoms with Crippen LogP contribution >= 0.6 is 0 Å². The van der Waals surface area contributed by atoms with Gasteiger partial charge in [-0.25, -0.2) is 9.59 Å². The van der Waals surface area contributed by atoms with Gasteiger partial charge in [-0.2, -0.15) is 0 Å². The molecule has 1 aliphatic rings. The van der Waals surface area contributed by atoms with Crippen molar-refractivity contribution < 1.29 is 23.8 Å². The summed E-state index contributed by atoms with van der Waals surface area (Å²) in [5, 5.41) is 0. The van der Waals surface area contributed by atoms with E-state index in [1.807, 2.05) is 20.8 Å². The Morgan fingerprint density at radius 1 is 1.33 bits per heavy atom. The zero-order valence-electron chi connectivity index (χ0n) is 11.4. The monoisotopic (exact) mass is 259 g/mol. The summed E-state index contributed by atoms with van der Waals surface area (Å²) in [6.07, 6.45) is 0.529. The van der Waals surface area contributed by atoms with Crippen molar-refractivity contribution >= 4 is 12.1 Å². The zero-order chi connectivity index (χ0) is 13.8. The summed E-state index contributed by atoms with van der Waals surface area (Å²) in [5.41, 5.74) is -0.496. The number of carbonyl (C=O) groups excluding carboxylic acids is 2. The van der Waals surface area contributed by atoms with Crippen molar-refractivity contribution in [3.63, 3.8) is 0 Å². The van der Waals surface area contributed by atoms with Gasteiger partial charge in [0.15, 0.2) is 0 Å². The number of methoxy groups -OCH3 is 1. The number of esters is 1. The van der Waals surface area contributed by atoms with Crippen LogP contribution in [0.2, 0.25) is 0 Å². The van der Waals surface area contributed by atoms with Crippen LogP contribution in [0.25, 0.3) is 0 Å². The van der Waals surface area contributed by atoms with Crippen molar-refractivity contribution in [3.8, 4) is 0 Å². The highest BCUT2D eigenvalue weighted by Gasteiger charge is 2.35. The smallest absolute Gasteiger partial charge is 0.410 e. The molecule has 0 saturated carbocycles. The van der Waals surface area contributed by atoms with E-state index in [2.05, 4.69) is 4.74 Å². The van der Waals surface area contributed by atoms with Gasteiger partial charge in [0, 0.05) is 6.54 Å². The van der Waals surface area contributed by atoms with Gasteiger partial charge in [0.2, 0.25) is 0 Å². The standard InChI is InChI=1S/C12H21NO5/c1-12(2,3)18-11(15)13-6-5-9(13)7-17-8-10(14)16-4/h9H,5-8H2,1-4H3. The number of hydrogen-bond donors (Lipinski definition) is 0. The number of carbonyl (C=O) groups is 2. The number of likely N-dealkylation sites (tertiary alicyclic amines) is 1. The van der Waals surface area contributed by atoms with Gasteiger partial charge in [-0.1, -0.05) is 0 Å². The van der Waals surface area contributed by atoms with Crippen LogP contribution in [0.3, 0.4) is 0 Å². The zero-order valence-corrected chi connectivity index (χ0v) is 11.4. The fraction of sp³-hybridized carbons (Fsp3) is 0.833. The topological polar surface area (TPSA) is 65.1 Å². The van der Waals surface area contributed by atoms with Crippen LogP contribution in [0, 0.1) is 0 Å². The molecule has 0 aromatic rings. The van der Waals surface area contributed by atoms with Gasteiger partial charge in [0.05, 0.1) is 19.8 Å². The summed E-state index contributed by atoms with van der Waals surface area (Å²) in [6.45, 7) is 6.39. The van der Waals surface area contributed by atoms with Gasteiger partial charge < -0.3 is 19.1 Å². The molecule has 18 heavy (non-hydrogen) atoms. The van der Waals surface area contributed by atoms with Crippen molar-refractivity contribution in [3.05, 3.63) is 0 Å². The lowest BCUT2D eigenvalue weighted by atomic mass is 10.1. The van der Waals surface area contributed by atoms with Gasteiger partial charge in [0.25, 0.3) is 0 Å². The molecule has 0 aliphatic carbocycles. The average Bonchev–Trinajstić information content (AvgIpc) is 2.19. The molecule has 1 heterocycles. The lowest BCUT2D eigenvalue weighted by Gasteiger charge is -2.41. The largest absolute Gasteiger partial charge is 0.467 e. The van der Waals surface area contributed by atoms with Gasteiger partial charge in [0.1, 0.15) is 12.2 Å². The predicted octanol–water partition coefficient (Wildman–Crippen LogP) is 1.19. The minimum atomic E-state index is -0.496. The van der Waals surface area contributed by atoms with Crippen molar-refractivity contribution in [2.24, 2.45) is 0 Å². The van der Waals surface area contributed by atoms with Crippen LogP contribution in [-0.2, 0) is 19.0 Å². The van der Waals surface area contributed by atoms with Gasteiger partial charge in [-0.05, 0) is 27.2 Å². The van der Waals surface area contributed by atoms with Crippen LogP contribution < -0.4 is 0 Å². The maximum atomic E-state index is 11.8. The Balaban J connectivity index is 2.28. The van der Waals surface area contributed by atoms with Crippen LogP contribution in [0.4, 0.5) is 4.79 Å². The van der Waals surface area contributed by atoms with E-state index in [1.54, 1.807) is 4.90 Å². The predicted molar refractivity (Wildman–Crippen MR) is 64.2 cm³/mol. The second-order valence-corrected chi connectivity index (χ2v) is 5.21. The Morgan fingerprint density at radius 3 is 2.44 bits per heavy atom. The Kier molecular flexibility index (Phi) is 4.95. The quantitative estimate of drug-likeness (QED) is 0.709. The Labute approximate surface area is 107 Å². The summed E-state index contributed by atoms with van der Waals surface area (Å²) in [4.78, 5) is 24.2. The normalized spacial score (nSPS) is 19.1. The highest BCUT2D eigenvalue weighted by Crippen LogP contribution is 2.21. The van der Waals surface area contributed by atoms with E-state index in [9.17, 15) is 9.59 Å². The van der Waals surface area contributed by atoms with Crippen LogP contribution in [0.1, 0.15) is 27.2 Å². The fourth-order valence-corrected chi connectivity index (χ4v) is 1.51. The first-order chi connectivity index (χ1) is 8.33. The number of hydrogen-bond acceptors (Lipinski definition) is 5. The lowest BCUT2D eigenvalue weighted by Crippen LogP contribution is -2.54. The number of nitrogens with zero attached hydrogens (tertiary/aromatic N) is 1. The molecule has 104 valence electrons. The van der Waals surface area contributed by atoms with Crippen molar-refractivity contribution in [1.82, 2.24) is 4.90 Å². The molecule has 1 atom stereocenters. The summed E-state index contributed by atoms with van der Waals surface area (Å²) in [5.74, 6) is -0.418. The summed E-state index contributed by atoms with van der Waals surface area (Å²) in [6, 6.07) is -0.00972. The maximum Gasteiger partial charge on any atom is 0.410 e. The van der Waals surface area contributed by atoms with Crippen molar-refractivity contribution in [2.75, 3.05) is 26.9 Å². The molecule has 1 fully saturated rings. The third-order valence-corrected chi connectivity index (χ3v) is 2.53. The molecule has 0 aromatic heterocycles. The fourth-order valence-electron chi connectivity index (χ4n) is 1.51. The molecule has 0 spiro atoms. The first-order valence-electron chi connectivity index (χ1n) is 5.97. The first kappa shape index (κ1) is 14.8. The molecule has 1 amide bonds. The minimum absolute atomic E-state index is 0.00972. The third-order valence-electron chi connectivity index (χ3n) is 2.53. The SMILES string of the molecule is COC(=O)COCC1CCN1C(=O)OC(C)(C)C. The highest BCUT2D eigenvalue weighted by molar-refractivity contribution is 5.70. The Morgan fingerprint density at radius 2 is 2.00 bits per heavy atom. The van der Waals surface area contributed by atoms with E-state index in [4.69, 9.17) is 9.47 Å². The van der Waals surface area contributed by atoms with Gasteiger partial charge in [-0.15, -0.1) is 0 Å². The van der Waals surface area contributed by atoms with E-state index in [-0.39, 0.29) is 18.7 Å². The molecule has 0 radical (unpaired) electrons. The van der Waals surface area contributed by atoms with E-state index >= 15 is 0 Å². The molecule has 0 N–H and O–H groups in total. The van der Waals surface area contributed by atoms with Gasteiger partial charge in [-0.3, -0.25) is 0 Å². The van der Waals surface area contributed by atoms with Crippen LogP contribution in [0.5, 0.6) is 0 Å². The molecule has 1 aliphatic heterocycles. The van der Waals surface area contributed by atoms with E-state index in [1.165, 1.54) is 7.11 Å². The molecular weight excluding hydrogens is 238 g/mol.